The van der Waals surface area contributed by atoms with Gasteiger partial charge in [-0.05, 0) is 24.3 Å². The monoisotopic (exact) mass is 372 g/mol. The molecule has 0 radical (unpaired) electrons. The average Bonchev–Trinajstić information content (AvgIpc) is 3.23. The lowest BCUT2D eigenvalue weighted by Gasteiger charge is -2.37. The van der Waals surface area contributed by atoms with Crippen molar-refractivity contribution in [1.29, 1.82) is 0 Å². The molecule has 0 spiro atoms. The predicted molar refractivity (Wildman–Crippen MR) is 95.1 cm³/mol. The fraction of sp³-hybridized carbons (Fsp3) is 0.278. The minimum Gasteiger partial charge on any atom is -0.387 e. The van der Waals surface area contributed by atoms with E-state index in [9.17, 15) is 13.9 Å². The second kappa shape index (κ2) is 5.52. The maximum atomic E-state index is 13.1. The van der Waals surface area contributed by atoms with Crippen molar-refractivity contribution in [1.82, 2.24) is 20.2 Å². The zero-order chi connectivity index (χ0) is 17.9. The van der Waals surface area contributed by atoms with Gasteiger partial charge in [0.15, 0.2) is 5.65 Å². The molecule has 0 amide bonds. The van der Waals surface area contributed by atoms with Crippen LogP contribution in [0.1, 0.15) is 23.8 Å². The minimum absolute atomic E-state index is 0.253. The van der Waals surface area contributed by atoms with E-state index < -0.39 is 12.0 Å². The van der Waals surface area contributed by atoms with Gasteiger partial charge in [0.1, 0.15) is 4.83 Å². The van der Waals surface area contributed by atoms with Crippen LogP contribution >= 0.6 is 11.3 Å². The van der Waals surface area contributed by atoms with Crippen LogP contribution in [0.2, 0.25) is 0 Å². The number of hydrogen-bond donors (Lipinski definition) is 2. The van der Waals surface area contributed by atoms with Crippen molar-refractivity contribution in [3.8, 4) is 11.3 Å². The number of thiophene rings is 1. The molecule has 4 aromatic rings. The number of hydrogen-bond acceptors (Lipinski definition) is 5. The molecule has 5 rings (SSSR count). The van der Waals surface area contributed by atoms with Gasteiger partial charge in [0.2, 0.25) is 5.92 Å². The van der Waals surface area contributed by atoms with Crippen molar-refractivity contribution in [2.75, 3.05) is 0 Å². The summed E-state index contributed by atoms with van der Waals surface area (Å²) < 4.78 is 26.1. The highest BCUT2D eigenvalue weighted by atomic mass is 32.1. The topological polar surface area (TPSA) is 74.7 Å². The first kappa shape index (κ1) is 15.8. The van der Waals surface area contributed by atoms with Crippen LogP contribution in [-0.4, -0.2) is 31.2 Å². The van der Waals surface area contributed by atoms with Gasteiger partial charge in [-0.1, -0.05) is 0 Å². The van der Waals surface area contributed by atoms with Gasteiger partial charge in [-0.25, -0.2) is 18.7 Å². The second-order valence-corrected chi connectivity index (χ2v) is 7.80. The molecule has 0 aromatic carbocycles. The fourth-order valence-corrected chi connectivity index (χ4v) is 4.49. The SMILES string of the molecule is O[C@@H](c1cc2ccc(-c3cnc4[nH]ncc4c3)nc2s1)C1CC(F)(F)C1. The maximum absolute atomic E-state index is 13.1. The van der Waals surface area contributed by atoms with Gasteiger partial charge < -0.3 is 5.11 Å². The molecular formula is C18H14F2N4OS. The van der Waals surface area contributed by atoms with Crippen LogP contribution < -0.4 is 0 Å². The van der Waals surface area contributed by atoms with Gasteiger partial charge in [-0.3, -0.25) is 5.10 Å². The van der Waals surface area contributed by atoms with Crippen molar-refractivity contribution in [2.45, 2.75) is 24.9 Å². The molecule has 1 fully saturated rings. The Bertz CT molecular complexity index is 1110. The largest absolute Gasteiger partial charge is 0.387 e. The molecule has 0 saturated heterocycles. The number of fused-ring (bicyclic) bond motifs is 2. The molecule has 4 aromatic heterocycles. The first-order valence-corrected chi connectivity index (χ1v) is 9.06. The van der Waals surface area contributed by atoms with Crippen LogP contribution in [0.25, 0.3) is 32.5 Å². The molecule has 0 bridgehead atoms. The molecule has 1 atom stereocenters. The van der Waals surface area contributed by atoms with Crippen molar-refractivity contribution < 1.29 is 13.9 Å². The quantitative estimate of drug-likeness (QED) is 0.562. The number of aromatic nitrogens is 4. The van der Waals surface area contributed by atoms with E-state index in [1.165, 1.54) is 11.3 Å². The number of nitrogens with one attached hydrogen (secondary N) is 1. The zero-order valence-corrected chi connectivity index (χ0v) is 14.3. The van der Waals surface area contributed by atoms with Crippen molar-refractivity contribution >= 4 is 32.6 Å². The number of alkyl halides is 2. The number of aliphatic hydroxyl groups excluding tert-OH is 1. The molecule has 2 N–H and O–H groups in total. The van der Waals surface area contributed by atoms with E-state index in [0.717, 1.165) is 26.9 Å². The van der Waals surface area contributed by atoms with Gasteiger partial charge in [0.25, 0.3) is 0 Å². The van der Waals surface area contributed by atoms with E-state index in [1.54, 1.807) is 12.4 Å². The first-order valence-electron chi connectivity index (χ1n) is 8.24. The highest BCUT2D eigenvalue weighted by molar-refractivity contribution is 7.18. The third kappa shape index (κ3) is 2.57. The van der Waals surface area contributed by atoms with Gasteiger partial charge in [0, 0.05) is 46.2 Å². The molecule has 8 heteroatoms. The molecule has 132 valence electrons. The van der Waals surface area contributed by atoms with E-state index in [-0.39, 0.29) is 18.8 Å². The summed E-state index contributed by atoms with van der Waals surface area (Å²) in [7, 11) is 0. The Morgan fingerprint density at radius 2 is 2.04 bits per heavy atom. The Labute approximate surface area is 150 Å². The van der Waals surface area contributed by atoms with Crippen LogP contribution in [0.5, 0.6) is 0 Å². The number of halogens is 2. The van der Waals surface area contributed by atoms with Crippen LogP contribution in [-0.2, 0) is 0 Å². The standard InChI is InChI=1S/C18H14F2N4OS/c19-18(20)5-12(6-18)15(25)14-4-9-1-2-13(23-17(9)26-14)10-3-11-8-22-24-16(11)21-7-10/h1-4,7-8,12,15,25H,5-6H2,(H,21,22,24)/t15-/m1/s1. The molecular weight excluding hydrogens is 358 g/mol. The van der Waals surface area contributed by atoms with Gasteiger partial charge in [-0.15, -0.1) is 11.3 Å². The summed E-state index contributed by atoms with van der Waals surface area (Å²) in [5.74, 6) is -3.02. The molecule has 0 unspecified atom stereocenters. The average molecular weight is 372 g/mol. The van der Waals surface area contributed by atoms with Crippen LogP contribution in [0, 0.1) is 5.92 Å². The Morgan fingerprint density at radius 3 is 2.85 bits per heavy atom. The van der Waals surface area contributed by atoms with Gasteiger partial charge in [0.05, 0.1) is 18.0 Å². The Balaban J connectivity index is 1.48. The molecule has 1 saturated carbocycles. The Kier molecular flexibility index (Phi) is 3.35. The van der Waals surface area contributed by atoms with Gasteiger partial charge >= 0.3 is 0 Å². The third-order valence-corrected chi connectivity index (χ3v) is 5.96. The van der Waals surface area contributed by atoms with Crippen LogP contribution in [0.3, 0.4) is 0 Å². The number of pyridine rings is 2. The Morgan fingerprint density at radius 1 is 1.19 bits per heavy atom. The summed E-state index contributed by atoms with van der Waals surface area (Å²) in [4.78, 5) is 10.4. The maximum Gasteiger partial charge on any atom is 0.248 e. The third-order valence-electron chi connectivity index (χ3n) is 4.85. The van der Waals surface area contributed by atoms with Crippen LogP contribution in [0.4, 0.5) is 8.78 Å². The fourth-order valence-electron chi connectivity index (χ4n) is 3.38. The van der Waals surface area contributed by atoms with Crippen molar-refractivity contribution in [2.24, 2.45) is 5.92 Å². The number of H-pyrrole nitrogens is 1. The van der Waals surface area contributed by atoms with Crippen molar-refractivity contribution in [3.05, 3.63) is 41.5 Å². The van der Waals surface area contributed by atoms with E-state index in [1.807, 2.05) is 24.3 Å². The molecule has 0 aliphatic heterocycles. The summed E-state index contributed by atoms with van der Waals surface area (Å²) in [6.07, 6.45) is 2.07. The number of rotatable bonds is 3. The number of aromatic amines is 1. The smallest absolute Gasteiger partial charge is 0.248 e. The highest BCUT2D eigenvalue weighted by Gasteiger charge is 2.48. The van der Waals surface area contributed by atoms with Gasteiger partial charge in [-0.2, -0.15) is 5.10 Å². The Hall–Kier alpha value is -2.45. The second-order valence-electron chi connectivity index (χ2n) is 6.74. The normalized spacial score (nSPS) is 18.3. The lowest BCUT2D eigenvalue weighted by Crippen LogP contribution is -2.38. The highest BCUT2D eigenvalue weighted by Crippen LogP contribution is 2.49. The lowest BCUT2D eigenvalue weighted by molar-refractivity contribution is -0.141. The first-order chi connectivity index (χ1) is 12.5. The molecule has 5 nitrogen and oxygen atoms in total. The molecule has 1 aliphatic rings. The van der Waals surface area contributed by atoms with E-state index >= 15 is 0 Å². The molecule has 1 aliphatic carbocycles. The zero-order valence-electron chi connectivity index (χ0n) is 13.5. The summed E-state index contributed by atoms with van der Waals surface area (Å²) in [5.41, 5.74) is 2.36. The summed E-state index contributed by atoms with van der Waals surface area (Å²) in [6, 6.07) is 7.63. The summed E-state index contributed by atoms with van der Waals surface area (Å²) >= 11 is 1.35. The van der Waals surface area contributed by atoms with Crippen molar-refractivity contribution in [3.63, 3.8) is 0 Å². The predicted octanol–water partition coefficient (Wildman–Crippen LogP) is 4.31. The summed E-state index contributed by atoms with van der Waals surface area (Å²) in [5, 5.41) is 19.0. The van der Waals surface area contributed by atoms with Crippen LogP contribution in [0.15, 0.2) is 36.7 Å². The van der Waals surface area contributed by atoms with E-state index in [0.29, 0.717) is 10.5 Å². The molecule has 4 heterocycles. The number of aliphatic hydroxyl groups is 1. The van der Waals surface area contributed by atoms with E-state index in [4.69, 9.17) is 0 Å². The number of nitrogens with zero attached hydrogens (tertiary/aromatic N) is 3. The van der Waals surface area contributed by atoms with E-state index in [2.05, 4.69) is 20.2 Å². The molecule has 26 heavy (non-hydrogen) atoms. The minimum atomic E-state index is -2.63. The lowest BCUT2D eigenvalue weighted by atomic mass is 9.77. The summed E-state index contributed by atoms with van der Waals surface area (Å²) in [6.45, 7) is 0.